The van der Waals surface area contributed by atoms with E-state index in [1.54, 1.807) is 25.1 Å². The van der Waals surface area contributed by atoms with Gasteiger partial charge in [0.25, 0.3) is 5.91 Å². The average molecular weight is 354 g/mol. The number of carbonyl (C=O) groups is 1. The van der Waals surface area contributed by atoms with Crippen molar-refractivity contribution in [3.8, 4) is 10.6 Å². The molecule has 0 saturated heterocycles. The molecule has 5 nitrogen and oxygen atoms in total. The lowest BCUT2D eigenvalue weighted by Gasteiger charge is -1.99. The first-order chi connectivity index (χ1) is 10.8. The van der Waals surface area contributed by atoms with Crippen molar-refractivity contribution < 1.29 is 17.6 Å². The number of nitrogens with one attached hydrogen (secondary N) is 1. The molecule has 0 aliphatic rings. The zero-order valence-corrected chi connectivity index (χ0v) is 14.2. The number of sulfone groups is 1. The number of hydrogen-bond acceptors (Lipinski definition) is 5. The van der Waals surface area contributed by atoms with Crippen LogP contribution in [0, 0.1) is 12.7 Å². The maximum atomic E-state index is 13.8. The summed E-state index contributed by atoms with van der Waals surface area (Å²) in [5, 5.41) is 4.03. The molecule has 0 spiro atoms. The number of rotatable bonds is 5. The zero-order valence-electron chi connectivity index (χ0n) is 12.5. The van der Waals surface area contributed by atoms with Crippen LogP contribution in [0.15, 0.2) is 35.7 Å². The number of aromatic nitrogens is 1. The van der Waals surface area contributed by atoms with Gasteiger partial charge in [-0.05, 0) is 19.1 Å². The first-order valence-electron chi connectivity index (χ1n) is 6.65. The lowest BCUT2D eigenvalue weighted by atomic mass is 10.2. The molecule has 1 amide bonds. The Morgan fingerprint density at radius 1 is 1.39 bits per heavy atom. The number of halogens is 1. The van der Waals surface area contributed by atoms with Crippen LogP contribution in [0.25, 0.3) is 10.6 Å². The highest BCUT2D eigenvalue weighted by molar-refractivity contribution is 7.93. The van der Waals surface area contributed by atoms with Crippen LogP contribution in [-0.2, 0) is 9.84 Å². The normalized spacial score (nSPS) is 11.8. The fraction of sp³-hybridized carbons (Fsp3) is 0.200. The highest BCUT2D eigenvalue weighted by atomic mass is 32.2. The molecule has 0 saturated carbocycles. The second-order valence-corrected chi connectivity index (χ2v) is 7.76. The molecule has 23 heavy (non-hydrogen) atoms. The predicted molar refractivity (Wildman–Crippen MR) is 88.6 cm³/mol. The van der Waals surface area contributed by atoms with Gasteiger partial charge in [-0.2, -0.15) is 0 Å². The van der Waals surface area contributed by atoms with Crippen molar-refractivity contribution >= 4 is 27.1 Å². The summed E-state index contributed by atoms with van der Waals surface area (Å²) in [6.07, 6.45) is 2.42. The van der Waals surface area contributed by atoms with Crippen molar-refractivity contribution in [3.63, 3.8) is 0 Å². The molecule has 2 rings (SSSR count). The molecule has 1 aromatic heterocycles. The molecular weight excluding hydrogens is 339 g/mol. The van der Waals surface area contributed by atoms with Crippen molar-refractivity contribution in [1.29, 1.82) is 0 Å². The van der Waals surface area contributed by atoms with Crippen LogP contribution in [0.5, 0.6) is 0 Å². The van der Waals surface area contributed by atoms with E-state index in [-0.39, 0.29) is 12.5 Å². The van der Waals surface area contributed by atoms with E-state index in [9.17, 15) is 17.6 Å². The number of nitrogens with zero attached hydrogens (tertiary/aromatic N) is 1. The number of aryl methyl sites for hydroxylation is 1. The number of hydrogen-bond donors (Lipinski definition) is 1. The molecule has 0 unspecified atom stereocenters. The Balaban J connectivity index is 2.14. The molecule has 0 aliphatic carbocycles. The molecule has 0 atom stereocenters. The Morgan fingerprint density at radius 3 is 2.74 bits per heavy atom. The van der Waals surface area contributed by atoms with Gasteiger partial charge in [-0.1, -0.05) is 18.2 Å². The Morgan fingerprint density at radius 2 is 2.09 bits per heavy atom. The third-order valence-electron chi connectivity index (χ3n) is 2.83. The summed E-state index contributed by atoms with van der Waals surface area (Å²) < 4.78 is 35.7. The molecular formula is C15H15FN2O3S2. The molecule has 1 aromatic carbocycles. The second kappa shape index (κ2) is 7.01. The Labute approximate surface area is 137 Å². The van der Waals surface area contributed by atoms with Crippen LogP contribution < -0.4 is 5.32 Å². The molecule has 0 aliphatic heterocycles. The maximum absolute atomic E-state index is 13.8. The minimum Gasteiger partial charge on any atom is -0.348 e. The highest BCUT2D eigenvalue weighted by Gasteiger charge is 2.17. The first-order valence-corrected chi connectivity index (χ1v) is 9.42. The van der Waals surface area contributed by atoms with Crippen molar-refractivity contribution in [3.05, 3.63) is 52.1 Å². The summed E-state index contributed by atoms with van der Waals surface area (Å²) in [7, 11) is -3.21. The molecule has 8 heteroatoms. The van der Waals surface area contributed by atoms with E-state index in [0.29, 0.717) is 21.1 Å². The zero-order chi connectivity index (χ0) is 17.0. The molecule has 1 N–H and O–H groups in total. The van der Waals surface area contributed by atoms with Crippen LogP contribution in [-0.4, -0.2) is 32.1 Å². The summed E-state index contributed by atoms with van der Waals surface area (Å²) in [5.74, 6) is -0.773. The number of benzene rings is 1. The third-order valence-corrected chi connectivity index (χ3v) is 4.71. The lowest BCUT2D eigenvalue weighted by Crippen LogP contribution is -2.23. The second-order valence-electron chi connectivity index (χ2n) is 4.82. The minimum absolute atomic E-state index is 0.0816. The van der Waals surface area contributed by atoms with E-state index < -0.39 is 15.7 Å². The van der Waals surface area contributed by atoms with Crippen molar-refractivity contribution in [2.24, 2.45) is 0 Å². The quantitative estimate of drug-likeness (QED) is 0.895. The maximum Gasteiger partial charge on any atom is 0.263 e. The largest absolute Gasteiger partial charge is 0.348 e. The number of carbonyl (C=O) groups excluding carboxylic acids is 1. The molecule has 2 aromatic rings. The SMILES string of the molecule is Cc1nc(-c2ccccc2F)sc1C(=O)NC/C=C/S(C)(=O)=O. The lowest BCUT2D eigenvalue weighted by molar-refractivity contribution is 0.0961. The Hall–Kier alpha value is -2.06. The van der Waals surface area contributed by atoms with Gasteiger partial charge >= 0.3 is 0 Å². The van der Waals surface area contributed by atoms with Crippen LogP contribution >= 0.6 is 11.3 Å². The van der Waals surface area contributed by atoms with Crippen LogP contribution in [0.3, 0.4) is 0 Å². The van der Waals surface area contributed by atoms with E-state index in [0.717, 1.165) is 23.0 Å². The summed E-state index contributed by atoms with van der Waals surface area (Å²) in [6, 6.07) is 6.22. The topological polar surface area (TPSA) is 76.1 Å². The monoisotopic (exact) mass is 354 g/mol. The van der Waals surface area contributed by atoms with Gasteiger partial charge in [0.2, 0.25) is 0 Å². The summed E-state index contributed by atoms with van der Waals surface area (Å²) in [5.41, 5.74) is 0.842. The van der Waals surface area contributed by atoms with Crippen LogP contribution in [0.2, 0.25) is 0 Å². The molecule has 1 heterocycles. The van der Waals surface area contributed by atoms with Crippen molar-refractivity contribution in [2.75, 3.05) is 12.8 Å². The van der Waals surface area contributed by atoms with Crippen LogP contribution in [0.4, 0.5) is 4.39 Å². The van der Waals surface area contributed by atoms with E-state index in [2.05, 4.69) is 10.3 Å². The minimum atomic E-state index is -3.21. The Bertz CT molecular complexity index is 857. The fourth-order valence-corrected chi connectivity index (χ4v) is 3.27. The molecule has 0 radical (unpaired) electrons. The fourth-order valence-electron chi connectivity index (χ4n) is 1.81. The van der Waals surface area contributed by atoms with E-state index in [4.69, 9.17) is 0 Å². The average Bonchev–Trinajstić information content (AvgIpc) is 2.85. The molecule has 0 bridgehead atoms. The van der Waals surface area contributed by atoms with Gasteiger partial charge in [0, 0.05) is 23.8 Å². The molecule has 122 valence electrons. The summed E-state index contributed by atoms with van der Waals surface area (Å²) in [6.45, 7) is 1.75. The van der Waals surface area contributed by atoms with Crippen LogP contribution in [0.1, 0.15) is 15.4 Å². The van der Waals surface area contributed by atoms with E-state index in [1.807, 2.05) is 0 Å². The summed E-state index contributed by atoms with van der Waals surface area (Å²) in [4.78, 5) is 16.7. The smallest absolute Gasteiger partial charge is 0.263 e. The molecule has 0 fully saturated rings. The number of amides is 1. The van der Waals surface area contributed by atoms with Gasteiger partial charge in [-0.3, -0.25) is 4.79 Å². The van der Waals surface area contributed by atoms with E-state index >= 15 is 0 Å². The van der Waals surface area contributed by atoms with Crippen molar-refractivity contribution in [1.82, 2.24) is 10.3 Å². The Kier molecular flexibility index (Phi) is 5.27. The van der Waals surface area contributed by atoms with Crippen molar-refractivity contribution in [2.45, 2.75) is 6.92 Å². The van der Waals surface area contributed by atoms with Gasteiger partial charge in [0.05, 0.1) is 5.69 Å². The summed E-state index contributed by atoms with van der Waals surface area (Å²) >= 11 is 1.09. The van der Waals surface area contributed by atoms with Gasteiger partial charge in [-0.15, -0.1) is 11.3 Å². The van der Waals surface area contributed by atoms with Gasteiger partial charge < -0.3 is 5.32 Å². The van der Waals surface area contributed by atoms with Gasteiger partial charge in [0.15, 0.2) is 9.84 Å². The van der Waals surface area contributed by atoms with Gasteiger partial charge in [0.1, 0.15) is 15.7 Å². The van der Waals surface area contributed by atoms with Gasteiger partial charge in [-0.25, -0.2) is 17.8 Å². The van der Waals surface area contributed by atoms with E-state index in [1.165, 1.54) is 12.1 Å². The first kappa shape index (κ1) is 17.3. The highest BCUT2D eigenvalue weighted by Crippen LogP contribution is 2.29. The standard InChI is InChI=1S/C15H15FN2O3S2/c1-10-13(14(19)17-8-5-9-23(2,20)21)22-15(18-10)11-6-3-4-7-12(11)16/h3-7,9H,8H2,1-2H3,(H,17,19)/b9-5+. The number of thiazole rings is 1. The predicted octanol–water partition coefficient (Wildman–Crippen LogP) is 2.55. The third kappa shape index (κ3) is 4.70.